The van der Waals surface area contributed by atoms with Gasteiger partial charge in [0, 0.05) is 23.3 Å². The minimum absolute atomic E-state index is 0.293. The van der Waals surface area contributed by atoms with E-state index in [-0.39, 0.29) is 5.91 Å². The van der Waals surface area contributed by atoms with Gasteiger partial charge in [0.2, 0.25) is 0 Å². The molecule has 3 N–H and O–H groups in total. The Balaban J connectivity index is 1.49. The summed E-state index contributed by atoms with van der Waals surface area (Å²) in [6.45, 7) is 6.15. The normalized spacial score (nSPS) is 20.0. The molecule has 1 fully saturated rings. The van der Waals surface area contributed by atoms with Crippen LogP contribution in [0.2, 0.25) is 0 Å². The van der Waals surface area contributed by atoms with Crippen molar-refractivity contribution in [1.82, 2.24) is 9.88 Å². The number of amides is 2. The van der Waals surface area contributed by atoms with Crippen LogP contribution in [-0.2, 0) is 24.1 Å². The highest BCUT2D eigenvalue weighted by Gasteiger charge is 2.27. The monoisotopic (exact) mass is 420 g/mol. The highest BCUT2D eigenvalue weighted by atomic mass is 32.1. The van der Waals surface area contributed by atoms with Gasteiger partial charge in [0.05, 0.1) is 25.3 Å². The van der Waals surface area contributed by atoms with Gasteiger partial charge in [-0.05, 0) is 30.7 Å². The lowest BCUT2D eigenvalue weighted by Gasteiger charge is -2.25. The van der Waals surface area contributed by atoms with Crippen LogP contribution in [0.4, 0.5) is 5.00 Å². The Hall–Kier alpha value is -1.81. The molecule has 1 atom stereocenters. The highest BCUT2D eigenvalue weighted by Crippen LogP contribution is 2.39. The van der Waals surface area contributed by atoms with E-state index in [1.807, 2.05) is 0 Å². The SMILES string of the molecule is CC1CCc2c(sc(NC(=O)c3csc(CN4CCOCC4)n3)c2C(N)=O)C1. The molecule has 1 aliphatic carbocycles. The number of fused-ring (bicyclic) bond motifs is 1. The quantitative estimate of drug-likeness (QED) is 0.775. The van der Waals surface area contributed by atoms with Gasteiger partial charge in [0.1, 0.15) is 15.7 Å². The zero-order valence-electron chi connectivity index (χ0n) is 15.8. The summed E-state index contributed by atoms with van der Waals surface area (Å²) >= 11 is 2.95. The number of carbonyl (C=O) groups excluding carboxylic acids is 2. The minimum atomic E-state index is -0.478. The van der Waals surface area contributed by atoms with Gasteiger partial charge in [-0.15, -0.1) is 22.7 Å². The summed E-state index contributed by atoms with van der Waals surface area (Å²) in [6.07, 6.45) is 2.80. The summed E-state index contributed by atoms with van der Waals surface area (Å²) in [6, 6.07) is 0. The van der Waals surface area contributed by atoms with Gasteiger partial charge in [-0.25, -0.2) is 4.98 Å². The Labute approximate surface area is 171 Å². The molecule has 1 unspecified atom stereocenters. The number of morpholine rings is 1. The van der Waals surface area contributed by atoms with Crippen molar-refractivity contribution < 1.29 is 14.3 Å². The molecular formula is C19H24N4O3S2. The Morgan fingerprint density at radius 2 is 2.18 bits per heavy atom. The number of thiazole rings is 1. The summed E-state index contributed by atoms with van der Waals surface area (Å²) < 4.78 is 5.36. The fourth-order valence-corrected chi connectivity index (χ4v) is 5.93. The third-order valence-corrected chi connectivity index (χ3v) is 7.24. The van der Waals surface area contributed by atoms with Crippen LogP contribution in [0.5, 0.6) is 0 Å². The zero-order chi connectivity index (χ0) is 19.7. The van der Waals surface area contributed by atoms with E-state index in [1.165, 1.54) is 22.7 Å². The summed E-state index contributed by atoms with van der Waals surface area (Å²) in [4.78, 5) is 32.7. The summed E-state index contributed by atoms with van der Waals surface area (Å²) in [5.41, 5.74) is 7.49. The first-order valence-electron chi connectivity index (χ1n) is 9.51. The molecule has 1 saturated heterocycles. The van der Waals surface area contributed by atoms with Crippen molar-refractivity contribution in [3.8, 4) is 0 Å². The number of nitrogens with zero attached hydrogens (tertiary/aromatic N) is 2. The van der Waals surface area contributed by atoms with Gasteiger partial charge < -0.3 is 15.8 Å². The summed E-state index contributed by atoms with van der Waals surface area (Å²) in [5.74, 6) is -0.191. The third kappa shape index (κ3) is 4.12. The molecule has 150 valence electrons. The zero-order valence-corrected chi connectivity index (χ0v) is 17.5. The number of ether oxygens (including phenoxy) is 1. The average Bonchev–Trinajstić information content (AvgIpc) is 3.26. The lowest BCUT2D eigenvalue weighted by atomic mass is 9.88. The number of nitrogens with one attached hydrogen (secondary N) is 1. The number of thiophene rings is 1. The van der Waals surface area contributed by atoms with Crippen molar-refractivity contribution in [2.45, 2.75) is 32.7 Å². The van der Waals surface area contributed by atoms with Crippen LogP contribution in [0.1, 0.15) is 49.6 Å². The molecule has 0 aromatic carbocycles. The number of rotatable bonds is 5. The molecule has 1 aliphatic heterocycles. The van der Waals surface area contributed by atoms with E-state index in [9.17, 15) is 9.59 Å². The van der Waals surface area contributed by atoms with Gasteiger partial charge >= 0.3 is 0 Å². The highest BCUT2D eigenvalue weighted by molar-refractivity contribution is 7.17. The predicted molar refractivity (Wildman–Crippen MR) is 110 cm³/mol. The van der Waals surface area contributed by atoms with Gasteiger partial charge in [-0.1, -0.05) is 6.92 Å². The van der Waals surface area contributed by atoms with E-state index in [0.717, 1.165) is 67.6 Å². The Bertz CT molecular complexity index is 886. The van der Waals surface area contributed by atoms with Crippen molar-refractivity contribution in [3.05, 3.63) is 32.1 Å². The largest absolute Gasteiger partial charge is 0.379 e. The van der Waals surface area contributed by atoms with E-state index in [1.54, 1.807) is 5.38 Å². The maximum Gasteiger partial charge on any atom is 0.275 e. The maximum atomic E-state index is 12.7. The minimum Gasteiger partial charge on any atom is -0.379 e. The maximum absolute atomic E-state index is 12.7. The third-order valence-electron chi connectivity index (χ3n) is 5.23. The van der Waals surface area contributed by atoms with Gasteiger partial charge in [0.15, 0.2) is 0 Å². The van der Waals surface area contributed by atoms with Crippen molar-refractivity contribution in [2.24, 2.45) is 11.7 Å². The average molecular weight is 421 g/mol. The first-order valence-corrected chi connectivity index (χ1v) is 11.2. The molecule has 2 aliphatic rings. The molecule has 0 spiro atoms. The van der Waals surface area contributed by atoms with E-state index in [0.29, 0.717) is 22.2 Å². The van der Waals surface area contributed by atoms with Crippen molar-refractivity contribution in [3.63, 3.8) is 0 Å². The smallest absolute Gasteiger partial charge is 0.275 e. The number of anilines is 1. The molecule has 3 heterocycles. The molecule has 2 amide bonds. The number of aromatic nitrogens is 1. The number of primary amides is 1. The molecule has 4 rings (SSSR count). The van der Waals surface area contributed by atoms with Crippen molar-refractivity contribution in [1.29, 1.82) is 0 Å². The molecular weight excluding hydrogens is 396 g/mol. The lowest BCUT2D eigenvalue weighted by molar-refractivity contribution is 0.0341. The molecule has 9 heteroatoms. The van der Waals surface area contributed by atoms with Crippen LogP contribution in [0.25, 0.3) is 0 Å². The van der Waals surface area contributed by atoms with Crippen LogP contribution in [0.15, 0.2) is 5.38 Å². The number of hydrogen-bond donors (Lipinski definition) is 2. The van der Waals surface area contributed by atoms with Gasteiger partial charge in [-0.3, -0.25) is 14.5 Å². The first kappa shape index (κ1) is 19.5. The standard InChI is InChI=1S/C19H24N4O3S2/c1-11-2-3-12-14(8-11)28-19(16(12)17(20)24)22-18(25)13-10-27-15(21-13)9-23-4-6-26-7-5-23/h10-11H,2-9H2,1H3,(H2,20,24)(H,22,25). The van der Waals surface area contributed by atoms with E-state index in [4.69, 9.17) is 10.5 Å². The Morgan fingerprint density at radius 1 is 1.39 bits per heavy atom. The topological polar surface area (TPSA) is 97.6 Å². The lowest BCUT2D eigenvalue weighted by Crippen LogP contribution is -2.35. The molecule has 0 radical (unpaired) electrons. The Morgan fingerprint density at radius 3 is 2.93 bits per heavy atom. The molecule has 2 aromatic rings. The van der Waals surface area contributed by atoms with Crippen LogP contribution in [-0.4, -0.2) is 48.0 Å². The molecule has 28 heavy (non-hydrogen) atoms. The molecule has 0 saturated carbocycles. The van der Waals surface area contributed by atoms with Crippen molar-refractivity contribution >= 4 is 39.5 Å². The number of carbonyl (C=O) groups is 2. The molecule has 2 aromatic heterocycles. The van der Waals surface area contributed by atoms with E-state index in [2.05, 4.69) is 22.1 Å². The van der Waals surface area contributed by atoms with Crippen LogP contribution < -0.4 is 11.1 Å². The Kier molecular flexibility index (Phi) is 5.77. The fourth-order valence-electron chi connectivity index (χ4n) is 3.71. The summed E-state index contributed by atoms with van der Waals surface area (Å²) in [5, 5.41) is 6.11. The first-order chi connectivity index (χ1) is 13.5. The molecule has 7 nitrogen and oxygen atoms in total. The second-order valence-corrected chi connectivity index (χ2v) is 9.44. The van der Waals surface area contributed by atoms with Crippen LogP contribution in [0, 0.1) is 5.92 Å². The second-order valence-electron chi connectivity index (χ2n) is 7.39. The van der Waals surface area contributed by atoms with E-state index < -0.39 is 5.91 Å². The second kappa shape index (κ2) is 8.28. The number of hydrogen-bond acceptors (Lipinski definition) is 7. The van der Waals surface area contributed by atoms with Gasteiger partial charge in [-0.2, -0.15) is 0 Å². The summed E-state index contributed by atoms with van der Waals surface area (Å²) in [7, 11) is 0. The fraction of sp³-hybridized carbons (Fsp3) is 0.526. The van der Waals surface area contributed by atoms with E-state index >= 15 is 0 Å². The van der Waals surface area contributed by atoms with Gasteiger partial charge in [0.25, 0.3) is 11.8 Å². The van der Waals surface area contributed by atoms with Crippen molar-refractivity contribution in [2.75, 3.05) is 31.6 Å². The number of nitrogens with two attached hydrogens (primary N) is 1. The molecule has 0 bridgehead atoms. The predicted octanol–water partition coefficient (Wildman–Crippen LogP) is 2.51. The van der Waals surface area contributed by atoms with Crippen LogP contribution >= 0.6 is 22.7 Å². The van der Waals surface area contributed by atoms with Crippen LogP contribution in [0.3, 0.4) is 0 Å².